The van der Waals surface area contributed by atoms with Gasteiger partial charge in [-0.15, -0.1) is 5.10 Å². The Bertz CT molecular complexity index is 1180. The molecule has 0 saturated heterocycles. The quantitative estimate of drug-likeness (QED) is 0.677. The Morgan fingerprint density at radius 1 is 1.18 bits per heavy atom. The van der Waals surface area contributed by atoms with Crippen LogP contribution in [0.3, 0.4) is 0 Å². The first-order valence-electron chi connectivity index (χ1n) is 8.46. The maximum atomic E-state index is 12.8. The Morgan fingerprint density at radius 3 is 2.93 bits per heavy atom. The third-order valence-corrected chi connectivity index (χ3v) is 4.54. The number of hydrogen-bond acceptors (Lipinski definition) is 6. The number of carbonyl (C=O) groups excluding carboxylic acids is 1. The monoisotopic (exact) mass is 388 g/mol. The molecule has 0 fully saturated rings. The molecule has 0 aliphatic carbocycles. The Kier molecular flexibility index (Phi) is 4.83. The van der Waals surface area contributed by atoms with Crippen LogP contribution in [0.1, 0.15) is 17.0 Å². The molecule has 28 heavy (non-hydrogen) atoms. The molecular weight excluding hydrogens is 376 g/mol. The molecule has 1 atom stereocenters. The number of nitriles is 1. The minimum atomic E-state index is -0.650. The summed E-state index contributed by atoms with van der Waals surface area (Å²) in [5.41, 5.74) is 2.05. The normalized spacial score (nSPS) is 15.9. The molecule has 0 spiro atoms. The highest BCUT2D eigenvalue weighted by atomic mass is 35.5. The first kappa shape index (κ1) is 17.8. The highest BCUT2D eigenvalue weighted by Gasteiger charge is 2.27. The van der Waals surface area contributed by atoms with Gasteiger partial charge in [-0.05, 0) is 48.0 Å². The van der Waals surface area contributed by atoms with E-state index in [1.165, 1.54) is 6.21 Å². The summed E-state index contributed by atoms with van der Waals surface area (Å²) in [5, 5.41) is 18.3. The van der Waals surface area contributed by atoms with Crippen LogP contribution in [0.25, 0.3) is 10.9 Å². The van der Waals surface area contributed by atoms with Crippen LogP contribution in [0.4, 0.5) is 0 Å². The second-order valence-corrected chi connectivity index (χ2v) is 6.62. The summed E-state index contributed by atoms with van der Waals surface area (Å²) in [5.74, 6) is -0.275. The van der Waals surface area contributed by atoms with E-state index >= 15 is 0 Å². The van der Waals surface area contributed by atoms with Crippen molar-refractivity contribution in [2.75, 3.05) is 6.61 Å². The number of fused-ring (bicyclic) bond motifs is 1. The van der Waals surface area contributed by atoms with Gasteiger partial charge in [0.15, 0.2) is 5.78 Å². The third kappa shape index (κ3) is 3.61. The number of hydrogen-bond donors (Lipinski definition) is 0. The van der Waals surface area contributed by atoms with E-state index in [-0.39, 0.29) is 18.1 Å². The lowest BCUT2D eigenvalue weighted by atomic mass is 9.91. The summed E-state index contributed by atoms with van der Waals surface area (Å²) in [4.78, 5) is 17.1. The molecule has 1 unspecified atom stereocenters. The first-order valence-corrected chi connectivity index (χ1v) is 8.84. The van der Waals surface area contributed by atoms with Gasteiger partial charge in [-0.25, -0.2) is 0 Å². The van der Waals surface area contributed by atoms with Crippen molar-refractivity contribution >= 4 is 40.2 Å². The summed E-state index contributed by atoms with van der Waals surface area (Å²) >= 11 is 6.05. The summed E-state index contributed by atoms with van der Waals surface area (Å²) < 4.78 is 5.75. The molecule has 6 nitrogen and oxygen atoms in total. The molecule has 0 saturated carbocycles. The van der Waals surface area contributed by atoms with Gasteiger partial charge in [0.25, 0.3) is 0 Å². The molecule has 1 aliphatic heterocycles. The summed E-state index contributed by atoms with van der Waals surface area (Å²) in [6.07, 6.45) is 3.17. The van der Waals surface area contributed by atoms with E-state index in [0.717, 1.165) is 10.9 Å². The maximum absolute atomic E-state index is 12.8. The second-order valence-electron chi connectivity index (χ2n) is 6.18. The molecule has 1 aromatic heterocycles. The molecule has 0 radical (unpaired) electrons. The molecule has 0 bridgehead atoms. The zero-order chi connectivity index (χ0) is 19.5. The molecular formula is C21H13ClN4O2. The van der Waals surface area contributed by atoms with Crippen LogP contribution >= 0.6 is 11.6 Å². The Labute approximate surface area is 165 Å². The predicted molar refractivity (Wildman–Crippen MR) is 107 cm³/mol. The number of rotatable bonds is 4. The Hall–Kier alpha value is -3.56. The number of Topliss-reactive ketones (excluding diaryl/α,β-unsaturated/α-hetero) is 1. The molecule has 1 aliphatic rings. The van der Waals surface area contributed by atoms with Crippen LogP contribution in [0.15, 0.2) is 64.9 Å². The van der Waals surface area contributed by atoms with Gasteiger partial charge in [0, 0.05) is 22.8 Å². The van der Waals surface area contributed by atoms with E-state index in [0.29, 0.717) is 21.9 Å². The highest BCUT2D eigenvalue weighted by Crippen LogP contribution is 2.24. The van der Waals surface area contributed by atoms with Crippen LogP contribution in [-0.2, 0) is 4.79 Å². The number of benzene rings is 2. The van der Waals surface area contributed by atoms with E-state index in [1.54, 1.807) is 30.5 Å². The van der Waals surface area contributed by atoms with E-state index < -0.39 is 5.92 Å². The van der Waals surface area contributed by atoms with Crippen molar-refractivity contribution in [3.8, 4) is 11.8 Å². The van der Waals surface area contributed by atoms with Crippen molar-refractivity contribution in [1.82, 2.24) is 4.98 Å². The summed E-state index contributed by atoms with van der Waals surface area (Å²) in [6.45, 7) is -0.00981. The van der Waals surface area contributed by atoms with Gasteiger partial charge < -0.3 is 4.74 Å². The van der Waals surface area contributed by atoms with Gasteiger partial charge in [0.1, 0.15) is 18.1 Å². The van der Waals surface area contributed by atoms with Crippen molar-refractivity contribution in [3.63, 3.8) is 0 Å². The molecule has 3 aromatic rings. The summed E-state index contributed by atoms with van der Waals surface area (Å²) in [7, 11) is 0. The highest BCUT2D eigenvalue weighted by molar-refractivity contribution is 6.45. The number of ether oxygens (including phenoxy) is 1. The van der Waals surface area contributed by atoms with Crippen LogP contribution in [-0.4, -0.2) is 29.3 Å². The van der Waals surface area contributed by atoms with Crippen LogP contribution in [0, 0.1) is 11.3 Å². The summed E-state index contributed by atoms with van der Waals surface area (Å²) in [6, 6.07) is 16.1. The smallest absolute Gasteiger partial charge is 0.195 e. The molecule has 0 amide bonds. The lowest BCUT2D eigenvalue weighted by Crippen LogP contribution is -2.30. The fraction of sp³-hybridized carbons (Fsp3) is 0.0952. The predicted octanol–water partition coefficient (Wildman–Crippen LogP) is 3.93. The van der Waals surface area contributed by atoms with Gasteiger partial charge >= 0.3 is 0 Å². The zero-order valence-corrected chi connectivity index (χ0v) is 15.3. The van der Waals surface area contributed by atoms with Crippen molar-refractivity contribution in [2.24, 2.45) is 10.2 Å². The minimum absolute atomic E-state index is 0.00981. The zero-order valence-electron chi connectivity index (χ0n) is 14.5. The first-order chi connectivity index (χ1) is 13.6. The van der Waals surface area contributed by atoms with E-state index in [2.05, 4.69) is 15.2 Å². The molecule has 0 N–H and O–H groups in total. The second kappa shape index (κ2) is 7.59. The van der Waals surface area contributed by atoms with Crippen LogP contribution in [0.5, 0.6) is 5.75 Å². The number of aromatic nitrogens is 1. The molecule has 4 rings (SSSR count). The fourth-order valence-corrected chi connectivity index (χ4v) is 3.20. The number of nitrogens with zero attached hydrogens (tertiary/aromatic N) is 4. The largest absolute Gasteiger partial charge is 0.487 e. The Balaban J connectivity index is 1.52. The molecule has 7 heteroatoms. The minimum Gasteiger partial charge on any atom is -0.487 e. The van der Waals surface area contributed by atoms with Crippen LogP contribution < -0.4 is 4.74 Å². The average molecular weight is 389 g/mol. The van der Waals surface area contributed by atoms with Crippen molar-refractivity contribution in [3.05, 3.63) is 70.9 Å². The number of ketones is 1. The van der Waals surface area contributed by atoms with Gasteiger partial charge in [-0.3, -0.25) is 9.78 Å². The average Bonchev–Trinajstić information content (AvgIpc) is 2.72. The fourth-order valence-electron chi connectivity index (χ4n) is 2.96. The van der Waals surface area contributed by atoms with Crippen molar-refractivity contribution in [2.45, 2.75) is 5.92 Å². The van der Waals surface area contributed by atoms with Crippen molar-refractivity contribution < 1.29 is 9.53 Å². The van der Waals surface area contributed by atoms with Crippen LogP contribution in [0.2, 0.25) is 5.02 Å². The topological polar surface area (TPSA) is 87.7 Å². The van der Waals surface area contributed by atoms with E-state index in [4.69, 9.17) is 21.6 Å². The van der Waals surface area contributed by atoms with Gasteiger partial charge in [-0.2, -0.15) is 10.4 Å². The Morgan fingerprint density at radius 2 is 2.07 bits per heavy atom. The lowest BCUT2D eigenvalue weighted by Gasteiger charge is -2.16. The molecule has 2 aromatic carbocycles. The number of carbonyl (C=O) groups is 1. The SMILES string of the molecule is N#Cc1cc(Cl)cc(C2C=NN=C(COc3ccc4ncccc4c3)C2=O)c1. The molecule has 2 heterocycles. The van der Waals surface area contributed by atoms with Crippen molar-refractivity contribution in [1.29, 1.82) is 5.26 Å². The number of pyridine rings is 1. The van der Waals surface area contributed by atoms with Gasteiger partial charge in [0.2, 0.25) is 0 Å². The number of halogens is 1. The van der Waals surface area contributed by atoms with E-state index in [9.17, 15) is 4.79 Å². The maximum Gasteiger partial charge on any atom is 0.195 e. The van der Waals surface area contributed by atoms with Gasteiger partial charge in [-0.1, -0.05) is 17.7 Å². The lowest BCUT2D eigenvalue weighted by molar-refractivity contribution is -0.113. The third-order valence-electron chi connectivity index (χ3n) is 4.32. The molecule has 136 valence electrons. The standard InChI is InChI=1S/C21H13ClN4O2/c22-16-7-13(10-23)6-15(8-16)18-11-25-26-20(21(18)27)12-28-17-3-4-19-14(9-17)2-1-5-24-19/h1-9,11,18H,12H2. The van der Waals surface area contributed by atoms with Gasteiger partial charge in [0.05, 0.1) is 23.1 Å². The van der Waals surface area contributed by atoms with E-state index in [1.807, 2.05) is 30.3 Å².